The second-order valence-electron chi connectivity index (χ2n) is 5.81. The van der Waals surface area contributed by atoms with Crippen molar-refractivity contribution in [3.8, 4) is 0 Å². The second kappa shape index (κ2) is 8.74. The van der Waals surface area contributed by atoms with Crippen LogP contribution in [0.4, 0.5) is 0 Å². The third kappa shape index (κ3) is 5.26. The molecule has 1 N–H and O–H groups in total. The number of aliphatic hydroxyl groups excluding tert-OH is 1. The van der Waals surface area contributed by atoms with E-state index < -0.39 is 6.10 Å². The summed E-state index contributed by atoms with van der Waals surface area (Å²) in [5.41, 5.74) is 0.968. The van der Waals surface area contributed by atoms with Crippen LogP contribution in [0, 0.1) is 0 Å². The van der Waals surface area contributed by atoms with Crippen molar-refractivity contribution in [2.24, 2.45) is 0 Å². The normalized spacial score (nSPS) is 21.4. The monoisotopic (exact) mass is 311 g/mol. The van der Waals surface area contributed by atoms with Crippen LogP contribution < -0.4 is 0 Å². The quantitative estimate of drug-likeness (QED) is 0.837. The lowest BCUT2D eigenvalue weighted by molar-refractivity contribution is -0.00375. The van der Waals surface area contributed by atoms with Gasteiger partial charge in [-0.2, -0.15) is 0 Å². The molecular weight excluding hydrogens is 286 g/mol. The molecule has 0 saturated carbocycles. The molecule has 1 aliphatic rings. The molecule has 1 saturated heterocycles. The first-order valence-corrected chi connectivity index (χ1v) is 8.31. The van der Waals surface area contributed by atoms with Gasteiger partial charge in [-0.3, -0.25) is 4.90 Å². The third-order valence-electron chi connectivity index (χ3n) is 4.19. The van der Waals surface area contributed by atoms with Crippen LogP contribution in [0.1, 0.15) is 38.2 Å². The molecule has 118 valence electrons. The zero-order valence-electron chi connectivity index (χ0n) is 12.8. The van der Waals surface area contributed by atoms with Gasteiger partial charge < -0.3 is 9.84 Å². The number of piperidine rings is 1. The van der Waals surface area contributed by atoms with Gasteiger partial charge in [0.1, 0.15) is 0 Å². The summed E-state index contributed by atoms with van der Waals surface area (Å²) < 4.78 is 5.61. The minimum absolute atomic E-state index is 0.359. The van der Waals surface area contributed by atoms with E-state index >= 15 is 0 Å². The number of benzene rings is 1. The zero-order valence-corrected chi connectivity index (χ0v) is 13.6. The van der Waals surface area contributed by atoms with Crippen LogP contribution in [-0.2, 0) is 11.3 Å². The second-order valence-corrected chi connectivity index (χ2v) is 6.22. The number of β-amino-alcohol motifs (C(OH)–C–C–N with tert-alkyl or cyclic N) is 1. The van der Waals surface area contributed by atoms with Crippen LogP contribution in [-0.4, -0.2) is 41.8 Å². The molecule has 0 amide bonds. The van der Waals surface area contributed by atoms with Crippen molar-refractivity contribution in [1.82, 2.24) is 4.90 Å². The molecule has 4 heteroatoms. The maximum Gasteiger partial charge on any atom is 0.0900 e. The van der Waals surface area contributed by atoms with E-state index in [4.69, 9.17) is 16.3 Å². The Labute approximate surface area is 132 Å². The van der Waals surface area contributed by atoms with Crippen molar-refractivity contribution >= 4 is 11.6 Å². The standard InChI is InChI=1S/C17H26ClNO2/c1-2-15-8-5-6-10-19(15)11-16(20)13-21-12-14-7-3-4-9-17(14)18/h3-4,7,9,15-16,20H,2,5-6,8,10-13H2,1H3/t15-,16-/m0/s1. The summed E-state index contributed by atoms with van der Waals surface area (Å²) in [6.45, 7) is 4.84. The molecule has 21 heavy (non-hydrogen) atoms. The molecule has 2 rings (SSSR count). The fourth-order valence-electron chi connectivity index (χ4n) is 3.01. The van der Waals surface area contributed by atoms with Crippen molar-refractivity contribution in [1.29, 1.82) is 0 Å². The first-order valence-electron chi connectivity index (χ1n) is 7.94. The van der Waals surface area contributed by atoms with Crippen molar-refractivity contribution < 1.29 is 9.84 Å². The number of ether oxygens (including phenoxy) is 1. The Morgan fingerprint density at radius 3 is 2.95 bits per heavy atom. The van der Waals surface area contributed by atoms with Gasteiger partial charge in [0.15, 0.2) is 0 Å². The van der Waals surface area contributed by atoms with Crippen molar-refractivity contribution in [2.45, 2.75) is 51.4 Å². The average Bonchev–Trinajstić information content (AvgIpc) is 2.50. The summed E-state index contributed by atoms with van der Waals surface area (Å²) in [6.07, 6.45) is 4.54. The lowest BCUT2D eigenvalue weighted by atomic mass is 10.00. The van der Waals surface area contributed by atoms with Gasteiger partial charge in [-0.1, -0.05) is 43.1 Å². The van der Waals surface area contributed by atoms with E-state index in [1.807, 2.05) is 24.3 Å². The third-order valence-corrected chi connectivity index (χ3v) is 4.56. The molecule has 1 aromatic carbocycles. The van der Waals surface area contributed by atoms with Crippen molar-refractivity contribution in [2.75, 3.05) is 19.7 Å². The predicted octanol–water partition coefficient (Wildman–Crippen LogP) is 3.48. The van der Waals surface area contributed by atoms with Crippen LogP contribution in [0.15, 0.2) is 24.3 Å². The number of nitrogens with zero attached hydrogens (tertiary/aromatic N) is 1. The summed E-state index contributed by atoms with van der Waals surface area (Å²) in [5, 5.41) is 10.9. The predicted molar refractivity (Wildman–Crippen MR) is 86.6 cm³/mol. The van der Waals surface area contributed by atoms with Crippen molar-refractivity contribution in [3.63, 3.8) is 0 Å². The van der Waals surface area contributed by atoms with Gasteiger partial charge in [-0.15, -0.1) is 0 Å². The Balaban J connectivity index is 1.72. The van der Waals surface area contributed by atoms with Crippen LogP contribution in [0.3, 0.4) is 0 Å². The summed E-state index contributed by atoms with van der Waals surface area (Å²) >= 11 is 6.08. The van der Waals surface area contributed by atoms with Gasteiger partial charge >= 0.3 is 0 Å². The smallest absolute Gasteiger partial charge is 0.0900 e. The molecule has 0 bridgehead atoms. The Bertz CT molecular complexity index is 427. The maximum atomic E-state index is 10.2. The van der Waals surface area contributed by atoms with Crippen LogP contribution in [0.5, 0.6) is 0 Å². The Kier molecular flexibility index (Phi) is 6.97. The van der Waals surface area contributed by atoms with Gasteiger partial charge in [-0.05, 0) is 37.4 Å². The van der Waals surface area contributed by atoms with Crippen LogP contribution >= 0.6 is 11.6 Å². The highest BCUT2D eigenvalue weighted by Crippen LogP contribution is 2.20. The molecule has 1 heterocycles. The Morgan fingerprint density at radius 1 is 1.38 bits per heavy atom. The number of hydrogen-bond donors (Lipinski definition) is 1. The zero-order chi connectivity index (χ0) is 15.1. The molecule has 0 unspecified atom stereocenters. The highest BCUT2D eigenvalue weighted by atomic mass is 35.5. The Hall–Kier alpha value is -0.610. The average molecular weight is 312 g/mol. The highest BCUT2D eigenvalue weighted by molar-refractivity contribution is 6.31. The van der Waals surface area contributed by atoms with E-state index in [1.54, 1.807) is 0 Å². The molecule has 2 atom stereocenters. The van der Waals surface area contributed by atoms with E-state index in [-0.39, 0.29) is 0 Å². The lowest BCUT2D eigenvalue weighted by Gasteiger charge is -2.36. The molecule has 1 fully saturated rings. The number of halogens is 1. The summed E-state index contributed by atoms with van der Waals surface area (Å²) in [5.74, 6) is 0. The minimum Gasteiger partial charge on any atom is -0.389 e. The van der Waals surface area contributed by atoms with Crippen LogP contribution in [0.25, 0.3) is 0 Å². The number of likely N-dealkylation sites (tertiary alicyclic amines) is 1. The van der Waals surface area contributed by atoms with E-state index in [0.717, 1.165) is 18.5 Å². The first kappa shape index (κ1) is 16.8. The summed E-state index contributed by atoms with van der Waals surface area (Å²) in [4.78, 5) is 2.41. The van der Waals surface area contributed by atoms with Gasteiger partial charge in [0.25, 0.3) is 0 Å². The van der Waals surface area contributed by atoms with Gasteiger partial charge in [0, 0.05) is 17.6 Å². The lowest BCUT2D eigenvalue weighted by Crippen LogP contribution is -2.44. The SMILES string of the molecule is CC[C@H]1CCCCN1C[C@H](O)COCc1ccccc1Cl. The fourth-order valence-corrected chi connectivity index (χ4v) is 3.20. The summed E-state index contributed by atoms with van der Waals surface area (Å²) in [7, 11) is 0. The maximum absolute atomic E-state index is 10.2. The summed E-state index contributed by atoms with van der Waals surface area (Å²) in [6, 6.07) is 8.28. The van der Waals surface area contributed by atoms with E-state index in [2.05, 4.69) is 11.8 Å². The van der Waals surface area contributed by atoms with Gasteiger partial charge in [0.2, 0.25) is 0 Å². The first-order chi connectivity index (χ1) is 10.2. The van der Waals surface area contributed by atoms with E-state index in [1.165, 1.54) is 19.3 Å². The van der Waals surface area contributed by atoms with Crippen LogP contribution in [0.2, 0.25) is 5.02 Å². The molecule has 3 nitrogen and oxygen atoms in total. The number of rotatable bonds is 7. The van der Waals surface area contributed by atoms with Gasteiger partial charge in [0.05, 0.1) is 19.3 Å². The molecule has 0 aliphatic carbocycles. The topological polar surface area (TPSA) is 32.7 Å². The van der Waals surface area contributed by atoms with E-state index in [0.29, 0.717) is 30.8 Å². The molecule has 0 aromatic heterocycles. The molecule has 0 radical (unpaired) electrons. The highest BCUT2D eigenvalue weighted by Gasteiger charge is 2.22. The van der Waals surface area contributed by atoms with Gasteiger partial charge in [-0.25, -0.2) is 0 Å². The number of aliphatic hydroxyl groups is 1. The molecule has 1 aliphatic heterocycles. The van der Waals surface area contributed by atoms with Crippen molar-refractivity contribution in [3.05, 3.63) is 34.9 Å². The molecular formula is C17H26ClNO2. The minimum atomic E-state index is -0.431. The molecule has 1 aromatic rings. The van der Waals surface area contributed by atoms with E-state index in [9.17, 15) is 5.11 Å². The number of hydrogen-bond acceptors (Lipinski definition) is 3. The largest absolute Gasteiger partial charge is 0.389 e. The fraction of sp³-hybridized carbons (Fsp3) is 0.647. The Morgan fingerprint density at radius 2 is 2.19 bits per heavy atom. The molecule has 0 spiro atoms.